The Labute approximate surface area is 156 Å². The SMILES string of the molecule is COc1ccc(C(C)(C)C)cc1N[C@@H](C)C(=O)Nc1ccc(F)c(F)c1F. The first kappa shape index (κ1) is 20.6. The molecule has 0 spiro atoms. The summed E-state index contributed by atoms with van der Waals surface area (Å²) in [7, 11) is 1.51. The Balaban J connectivity index is 2.20. The van der Waals surface area contributed by atoms with Gasteiger partial charge in [0.15, 0.2) is 17.5 Å². The number of carbonyl (C=O) groups excluding carboxylic acids is 1. The van der Waals surface area contributed by atoms with E-state index < -0.39 is 35.1 Å². The minimum atomic E-state index is -1.63. The number of ether oxygens (including phenoxy) is 1. The number of hydrogen-bond acceptors (Lipinski definition) is 3. The van der Waals surface area contributed by atoms with Gasteiger partial charge in [-0.1, -0.05) is 26.8 Å². The number of nitrogens with one attached hydrogen (secondary N) is 2. The molecule has 0 bridgehead atoms. The molecule has 1 atom stereocenters. The lowest BCUT2D eigenvalue weighted by atomic mass is 9.86. The fraction of sp³-hybridized carbons (Fsp3) is 0.350. The van der Waals surface area contributed by atoms with Gasteiger partial charge in [0, 0.05) is 0 Å². The molecule has 0 saturated heterocycles. The zero-order valence-corrected chi connectivity index (χ0v) is 15.9. The molecule has 0 unspecified atom stereocenters. The van der Waals surface area contributed by atoms with E-state index in [1.165, 1.54) is 7.11 Å². The third-order valence-electron chi connectivity index (χ3n) is 4.12. The highest BCUT2D eigenvalue weighted by Crippen LogP contribution is 2.32. The lowest BCUT2D eigenvalue weighted by molar-refractivity contribution is -0.116. The van der Waals surface area contributed by atoms with Gasteiger partial charge in [-0.15, -0.1) is 0 Å². The Morgan fingerprint density at radius 3 is 2.30 bits per heavy atom. The highest BCUT2D eigenvalue weighted by atomic mass is 19.2. The molecule has 27 heavy (non-hydrogen) atoms. The molecule has 0 saturated carbocycles. The summed E-state index contributed by atoms with van der Waals surface area (Å²) in [5, 5.41) is 5.27. The van der Waals surface area contributed by atoms with E-state index in [0.29, 0.717) is 11.4 Å². The second kappa shape index (κ2) is 7.90. The van der Waals surface area contributed by atoms with Crippen molar-refractivity contribution in [3.05, 3.63) is 53.3 Å². The van der Waals surface area contributed by atoms with Crippen molar-refractivity contribution >= 4 is 17.3 Å². The van der Waals surface area contributed by atoms with E-state index in [2.05, 4.69) is 31.4 Å². The molecule has 146 valence electrons. The molecule has 0 heterocycles. The Hall–Kier alpha value is -2.70. The first-order valence-corrected chi connectivity index (χ1v) is 8.44. The lowest BCUT2D eigenvalue weighted by Crippen LogP contribution is -2.32. The molecule has 7 heteroatoms. The smallest absolute Gasteiger partial charge is 0.246 e. The predicted octanol–water partition coefficient (Wildman–Crippen LogP) is 4.85. The second-order valence-electron chi connectivity index (χ2n) is 7.24. The van der Waals surface area contributed by atoms with Gasteiger partial charge in [0.2, 0.25) is 5.91 Å². The van der Waals surface area contributed by atoms with Crippen molar-refractivity contribution in [3.63, 3.8) is 0 Å². The summed E-state index contributed by atoms with van der Waals surface area (Å²) in [6.45, 7) is 7.73. The van der Waals surface area contributed by atoms with E-state index in [1.807, 2.05) is 12.1 Å². The summed E-state index contributed by atoms with van der Waals surface area (Å²) in [6, 6.07) is 6.54. The first-order chi connectivity index (χ1) is 12.5. The molecular weight excluding hydrogens is 357 g/mol. The van der Waals surface area contributed by atoms with Crippen molar-refractivity contribution in [3.8, 4) is 5.75 Å². The Kier molecular flexibility index (Phi) is 6.03. The molecule has 0 aromatic heterocycles. The van der Waals surface area contributed by atoms with Crippen LogP contribution in [-0.4, -0.2) is 19.1 Å². The van der Waals surface area contributed by atoms with Gasteiger partial charge in [0.25, 0.3) is 0 Å². The number of methoxy groups -OCH3 is 1. The van der Waals surface area contributed by atoms with E-state index in [0.717, 1.165) is 17.7 Å². The zero-order chi connectivity index (χ0) is 20.4. The standard InChI is InChI=1S/C20H23F3N2O2/c1-11(19(26)25-14-8-7-13(21)17(22)18(14)23)24-15-10-12(20(2,3)4)6-9-16(15)27-5/h6-11,24H,1-5H3,(H,25,26)/t11-/m0/s1. The van der Waals surface area contributed by atoms with Gasteiger partial charge >= 0.3 is 0 Å². The van der Waals surface area contributed by atoms with E-state index in [1.54, 1.807) is 13.0 Å². The highest BCUT2D eigenvalue weighted by molar-refractivity contribution is 5.96. The fourth-order valence-electron chi connectivity index (χ4n) is 2.45. The second-order valence-corrected chi connectivity index (χ2v) is 7.24. The van der Waals surface area contributed by atoms with Crippen molar-refractivity contribution in [1.82, 2.24) is 0 Å². The van der Waals surface area contributed by atoms with E-state index in [9.17, 15) is 18.0 Å². The minimum Gasteiger partial charge on any atom is -0.495 e. The number of rotatable bonds is 5. The third-order valence-corrected chi connectivity index (χ3v) is 4.12. The van der Waals surface area contributed by atoms with Gasteiger partial charge in [-0.2, -0.15) is 0 Å². The minimum absolute atomic E-state index is 0.108. The first-order valence-electron chi connectivity index (χ1n) is 8.44. The zero-order valence-electron chi connectivity index (χ0n) is 15.9. The number of hydrogen-bond donors (Lipinski definition) is 2. The normalized spacial score (nSPS) is 12.4. The van der Waals surface area contributed by atoms with Crippen LogP contribution in [0.25, 0.3) is 0 Å². The number of carbonyl (C=O) groups is 1. The summed E-state index contributed by atoms with van der Waals surface area (Å²) in [5.41, 5.74) is 1.09. The van der Waals surface area contributed by atoms with Crippen LogP contribution in [0.2, 0.25) is 0 Å². The molecule has 2 rings (SSSR count). The monoisotopic (exact) mass is 380 g/mol. The Morgan fingerprint density at radius 1 is 1.04 bits per heavy atom. The van der Waals surface area contributed by atoms with Crippen LogP contribution in [0, 0.1) is 17.5 Å². The molecule has 0 aliphatic carbocycles. The Bertz CT molecular complexity index is 848. The van der Waals surface area contributed by atoms with Gasteiger partial charge < -0.3 is 15.4 Å². The van der Waals surface area contributed by atoms with Crippen LogP contribution in [0.1, 0.15) is 33.3 Å². The molecule has 2 N–H and O–H groups in total. The highest BCUT2D eigenvalue weighted by Gasteiger charge is 2.21. The fourth-order valence-corrected chi connectivity index (χ4v) is 2.45. The van der Waals surface area contributed by atoms with Crippen molar-refractivity contribution < 1.29 is 22.7 Å². The summed E-state index contributed by atoms with van der Waals surface area (Å²) in [4.78, 5) is 12.3. The molecular formula is C20H23F3N2O2. The van der Waals surface area contributed by atoms with Gasteiger partial charge in [-0.05, 0) is 42.2 Å². The maximum absolute atomic E-state index is 13.7. The molecule has 0 aliphatic rings. The summed E-state index contributed by atoms with van der Waals surface area (Å²) in [6.07, 6.45) is 0. The van der Waals surface area contributed by atoms with Crippen LogP contribution in [0.15, 0.2) is 30.3 Å². The van der Waals surface area contributed by atoms with Gasteiger partial charge in [-0.25, -0.2) is 13.2 Å². The summed E-state index contributed by atoms with van der Waals surface area (Å²) < 4.78 is 45.4. The number of benzene rings is 2. The summed E-state index contributed by atoms with van der Waals surface area (Å²) in [5.74, 6) is -4.46. The molecule has 1 amide bonds. The quantitative estimate of drug-likeness (QED) is 0.729. The summed E-state index contributed by atoms with van der Waals surface area (Å²) >= 11 is 0. The van der Waals surface area contributed by atoms with Crippen LogP contribution in [0.4, 0.5) is 24.5 Å². The van der Waals surface area contributed by atoms with Crippen molar-refractivity contribution in [1.29, 1.82) is 0 Å². The van der Waals surface area contributed by atoms with Gasteiger partial charge in [-0.3, -0.25) is 4.79 Å². The molecule has 0 aliphatic heterocycles. The number of halogens is 3. The maximum Gasteiger partial charge on any atom is 0.246 e. The number of anilines is 2. The lowest BCUT2D eigenvalue weighted by Gasteiger charge is -2.23. The molecule has 4 nitrogen and oxygen atoms in total. The van der Waals surface area contributed by atoms with Crippen LogP contribution in [-0.2, 0) is 10.2 Å². The van der Waals surface area contributed by atoms with Crippen LogP contribution >= 0.6 is 0 Å². The van der Waals surface area contributed by atoms with E-state index in [4.69, 9.17) is 4.74 Å². The topological polar surface area (TPSA) is 50.4 Å². The largest absolute Gasteiger partial charge is 0.495 e. The molecule has 2 aromatic rings. The number of amides is 1. The van der Waals surface area contributed by atoms with Crippen LogP contribution in [0.3, 0.4) is 0 Å². The molecule has 0 fully saturated rings. The van der Waals surface area contributed by atoms with Crippen LogP contribution < -0.4 is 15.4 Å². The van der Waals surface area contributed by atoms with Crippen molar-refractivity contribution in [2.75, 3.05) is 17.7 Å². The van der Waals surface area contributed by atoms with Crippen LogP contribution in [0.5, 0.6) is 5.75 Å². The average Bonchev–Trinajstić information content (AvgIpc) is 2.61. The van der Waals surface area contributed by atoms with Gasteiger partial charge in [0.1, 0.15) is 11.8 Å². The van der Waals surface area contributed by atoms with E-state index >= 15 is 0 Å². The maximum atomic E-state index is 13.7. The molecule has 0 radical (unpaired) electrons. The predicted molar refractivity (Wildman–Crippen MR) is 99.7 cm³/mol. The molecule has 2 aromatic carbocycles. The van der Waals surface area contributed by atoms with E-state index in [-0.39, 0.29) is 5.41 Å². The Morgan fingerprint density at radius 2 is 1.70 bits per heavy atom. The van der Waals surface area contributed by atoms with Gasteiger partial charge in [0.05, 0.1) is 18.5 Å². The third kappa shape index (κ3) is 4.72. The van der Waals surface area contributed by atoms with Crippen molar-refractivity contribution in [2.24, 2.45) is 0 Å². The average molecular weight is 380 g/mol. The van der Waals surface area contributed by atoms with Crippen molar-refractivity contribution in [2.45, 2.75) is 39.2 Å².